The molecule has 0 radical (unpaired) electrons. The summed E-state index contributed by atoms with van der Waals surface area (Å²) >= 11 is 0. The molecule has 3 aromatic carbocycles. The first-order valence-electron chi connectivity index (χ1n) is 9.88. The fourth-order valence-electron chi connectivity index (χ4n) is 3.35. The molecule has 0 aliphatic carbocycles. The van der Waals surface area contributed by atoms with Crippen LogP contribution in [0.2, 0.25) is 0 Å². The highest BCUT2D eigenvalue weighted by atomic mass is 16.2. The lowest BCUT2D eigenvalue weighted by molar-refractivity contribution is 0.0753. The van der Waals surface area contributed by atoms with E-state index in [1.54, 1.807) is 6.20 Å². The number of para-hydroxylation sites is 2. The summed E-state index contributed by atoms with van der Waals surface area (Å²) in [5, 5.41) is 0. The molecule has 0 bridgehead atoms. The van der Waals surface area contributed by atoms with E-state index in [9.17, 15) is 4.79 Å². The van der Waals surface area contributed by atoms with Crippen LogP contribution < -0.4 is 0 Å². The number of aromatic nitrogens is 2. The van der Waals surface area contributed by atoms with E-state index in [-0.39, 0.29) is 5.91 Å². The topological polar surface area (TPSA) is 46.1 Å². The molecule has 4 nitrogen and oxygen atoms in total. The lowest BCUT2D eigenvalue weighted by atomic mass is 10.1. The number of benzene rings is 3. The zero-order chi connectivity index (χ0) is 19.9. The molecule has 0 saturated heterocycles. The highest BCUT2D eigenvalue weighted by Crippen LogP contribution is 2.12. The number of amides is 1. The van der Waals surface area contributed by atoms with Crippen molar-refractivity contribution in [3.05, 3.63) is 108 Å². The van der Waals surface area contributed by atoms with Gasteiger partial charge in [-0.05, 0) is 36.1 Å². The summed E-state index contributed by atoms with van der Waals surface area (Å²) in [7, 11) is 0. The Balaban J connectivity index is 1.54. The number of hydrogen-bond donors (Lipinski definition) is 0. The molecular formula is C25H23N3O. The highest BCUT2D eigenvalue weighted by molar-refractivity contribution is 5.93. The lowest BCUT2D eigenvalue weighted by Gasteiger charge is -2.22. The zero-order valence-electron chi connectivity index (χ0n) is 16.2. The predicted molar refractivity (Wildman–Crippen MR) is 116 cm³/mol. The lowest BCUT2D eigenvalue weighted by Crippen LogP contribution is -2.35. The molecule has 4 rings (SSSR count). The fraction of sp³-hybridized carbons (Fsp3) is 0.160. The maximum atomic E-state index is 13.3. The van der Waals surface area contributed by atoms with E-state index in [1.807, 2.05) is 65.6 Å². The van der Waals surface area contributed by atoms with Gasteiger partial charge < -0.3 is 4.90 Å². The van der Waals surface area contributed by atoms with Gasteiger partial charge in [-0.15, -0.1) is 0 Å². The molecule has 29 heavy (non-hydrogen) atoms. The molecule has 0 saturated carbocycles. The molecule has 4 aromatic rings. The smallest absolute Gasteiger partial charge is 0.274 e. The Hall–Kier alpha value is -3.53. The molecule has 0 atom stereocenters. The normalized spacial score (nSPS) is 10.8. The van der Waals surface area contributed by atoms with Crippen molar-refractivity contribution in [3.63, 3.8) is 0 Å². The van der Waals surface area contributed by atoms with E-state index >= 15 is 0 Å². The summed E-state index contributed by atoms with van der Waals surface area (Å²) in [5.74, 6) is -0.0740. The van der Waals surface area contributed by atoms with Crippen LogP contribution in [0.1, 0.15) is 21.6 Å². The number of fused-ring (bicyclic) bond motifs is 1. The Morgan fingerprint density at radius 3 is 1.79 bits per heavy atom. The van der Waals surface area contributed by atoms with Crippen LogP contribution in [0.15, 0.2) is 91.1 Å². The van der Waals surface area contributed by atoms with Crippen LogP contribution >= 0.6 is 0 Å². The quantitative estimate of drug-likeness (QED) is 0.471. The molecule has 0 spiro atoms. The second-order valence-corrected chi connectivity index (χ2v) is 7.01. The molecule has 4 heteroatoms. The van der Waals surface area contributed by atoms with Gasteiger partial charge in [0.15, 0.2) is 0 Å². The van der Waals surface area contributed by atoms with E-state index in [0.717, 1.165) is 23.9 Å². The monoisotopic (exact) mass is 381 g/mol. The van der Waals surface area contributed by atoms with Gasteiger partial charge in [-0.1, -0.05) is 72.8 Å². The molecule has 0 N–H and O–H groups in total. The van der Waals surface area contributed by atoms with Crippen molar-refractivity contribution in [2.75, 3.05) is 13.1 Å². The standard InChI is InChI=1S/C25H23N3O/c29-25(24-19-26-22-13-7-8-14-23(22)27-24)28(17-15-20-9-3-1-4-10-20)18-16-21-11-5-2-6-12-21/h1-14,19H,15-18H2. The van der Waals surface area contributed by atoms with Crippen molar-refractivity contribution in [1.82, 2.24) is 14.9 Å². The molecule has 1 aromatic heterocycles. The first kappa shape index (κ1) is 18.8. The molecule has 0 aliphatic rings. The third kappa shape index (κ3) is 4.85. The Bertz CT molecular complexity index is 1040. The van der Waals surface area contributed by atoms with Crippen LogP contribution in [0.4, 0.5) is 0 Å². The van der Waals surface area contributed by atoms with Crippen LogP contribution in [-0.4, -0.2) is 33.9 Å². The van der Waals surface area contributed by atoms with Gasteiger partial charge in [-0.3, -0.25) is 9.78 Å². The highest BCUT2D eigenvalue weighted by Gasteiger charge is 2.18. The number of carbonyl (C=O) groups excluding carboxylic acids is 1. The Morgan fingerprint density at radius 1 is 0.690 bits per heavy atom. The number of nitrogens with zero attached hydrogens (tertiary/aromatic N) is 3. The number of hydrogen-bond acceptors (Lipinski definition) is 3. The minimum Gasteiger partial charge on any atom is -0.337 e. The predicted octanol–water partition coefficient (Wildman–Crippen LogP) is 4.56. The van der Waals surface area contributed by atoms with Crippen LogP contribution in [0, 0.1) is 0 Å². The van der Waals surface area contributed by atoms with Crippen molar-refractivity contribution >= 4 is 16.9 Å². The van der Waals surface area contributed by atoms with Crippen LogP contribution in [-0.2, 0) is 12.8 Å². The third-order valence-electron chi connectivity index (χ3n) is 4.98. The van der Waals surface area contributed by atoms with Gasteiger partial charge in [-0.2, -0.15) is 0 Å². The Kier molecular flexibility index (Phi) is 5.91. The fourth-order valence-corrected chi connectivity index (χ4v) is 3.35. The SMILES string of the molecule is O=C(c1cnc2ccccc2n1)N(CCc1ccccc1)CCc1ccccc1. The first-order valence-corrected chi connectivity index (χ1v) is 9.88. The van der Waals surface area contributed by atoms with Crippen LogP contribution in [0.25, 0.3) is 11.0 Å². The molecule has 0 fully saturated rings. The minimum absolute atomic E-state index is 0.0740. The van der Waals surface area contributed by atoms with Gasteiger partial charge >= 0.3 is 0 Å². The largest absolute Gasteiger partial charge is 0.337 e. The van der Waals surface area contributed by atoms with Crippen molar-refractivity contribution in [2.24, 2.45) is 0 Å². The average Bonchev–Trinajstić information content (AvgIpc) is 2.80. The van der Waals surface area contributed by atoms with E-state index in [1.165, 1.54) is 11.1 Å². The van der Waals surface area contributed by atoms with Crippen molar-refractivity contribution in [2.45, 2.75) is 12.8 Å². The van der Waals surface area contributed by atoms with E-state index in [0.29, 0.717) is 18.8 Å². The molecule has 0 unspecified atom stereocenters. The summed E-state index contributed by atoms with van der Waals surface area (Å²) in [4.78, 5) is 24.1. The third-order valence-corrected chi connectivity index (χ3v) is 4.98. The van der Waals surface area contributed by atoms with Gasteiger partial charge in [0.05, 0.1) is 17.2 Å². The van der Waals surface area contributed by atoms with Crippen molar-refractivity contribution < 1.29 is 4.79 Å². The van der Waals surface area contributed by atoms with Gasteiger partial charge in [0.2, 0.25) is 0 Å². The van der Waals surface area contributed by atoms with Gasteiger partial charge in [0.1, 0.15) is 5.69 Å². The van der Waals surface area contributed by atoms with Crippen LogP contribution in [0.3, 0.4) is 0 Å². The summed E-state index contributed by atoms with van der Waals surface area (Å²) in [6.45, 7) is 1.29. The summed E-state index contributed by atoms with van der Waals surface area (Å²) in [5.41, 5.74) is 4.36. The number of carbonyl (C=O) groups is 1. The average molecular weight is 381 g/mol. The molecule has 0 aliphatic heterocycles. The maximum absolute atomic E-state index is 13.3. The minimum atomic E-state index is -0.0740. The second kappa shape index (κ2) is 9.11. The van der Waals surface area contributed by atoms with Gasteiger partial charge in [0, 0.05) is 13.1 Å². The number of rotatable bonds is 7. The zero-order valence-corrected chi connectivity index (χ0v) is 16.2. The van der Waals surface area contributed by atoms with Crippen molar-refractivity contribution in [3.8, 4) is 0 Å². The van der Waals surface area contributed by atoms with Crippen LogP contribution in [0.5, 0.6) is 0 Å². The van der Waals surface area contributed by atoms with E-state index in [4.69, 9.17) is 0 Å². The molecule has 1 heterocycles. The Labute approximate surface area is 170 Å². The molecule has 1 amide bonds. The second-order valence-electron chi connectivity index (χ2n) is 7.01. The summed E-state index contributed by atoms with van der Waals surface area (Å²) in [6, 6.07) is 28.1. The van der Waals surface area contributed by atoms with E-state index in [2.05, 4.69) is 34.2 Å². The van der Waals surface area contributed by atoms with Gasteiger partial charge in [0.25, 0.3) is 5.91 Å². The molecule has 144 valence electrons. The first-order chi connectivity index (χ1) is 14.3. The maximum Gasteiger partial charge on any atom is 0.274 e. The van der Waals surface area contributed by atoms with Crippen molar-refractivity contribution in [1.29, 1.82) is 0 Å². The summed E-state index contributed by atoms with van der Waals surface area (Å²) < 4.78 is 0. The Morgan fingerprint density at radius 2 is 1.21 bits per heavy atom. The van der Waals surface area contributed by atoms with E-state index < -0.39 is 0 Å². The van der Waals surface area contributed by atoms with Gasteiger partial charge in [-0.25, -0.2) is 4.98 Å². The summed E-state index contributed by atoms with van der Waals surface area (Å²) in [6.07, 6.45) is 3.20. The molecular weight excluding hydrogens is 358 g/mol.